The van der Waals surface area contributed by atoms with Gasteiger partial charge in [-0.3, -0.25) is 0 Å². The summed E-state index contributed by atoms with van der Waals surface area (Å²) < 4.78 is 0. The molecule has 2 heteroatoms. The Balaban J connectivity index is 1.73. The summed E-state index contributed by atoms with van der Waals surface area (Å²) >= 11 is 0. The Morgan fingerprint density at radius 3 is 2.25 bits per heavy atom. The largest absolute Gasteiger partial charge is 0.474 e. The summed E-state index contributed by atoms with van der Waals surface area (Å²) in [5.74, 6) is 7.49. The SMILES string of the molecule is [CH2-][NH2+][C@]1(C)C[C@@H]2C[C@H](C)[C@H]3CC[C@](C)([NH2+][CH2-])[C@H]4CC[C@@H]([C@@H]2[C@H]34)[C@@H]1C. The van der Waals surface area contributed by atoms with E-state index in [1.807, 2.05) is 0 Å². The smallest absolute Gasteiger partial charge is 0.0726 e. The van der Waals surface area contributed by atoms with Crippen molar-refractivity contribution in [2.75, 3.05) is 0 Å². The van der Waals surface area contributed by atoms with Crippen LogP contribution in [-0.2, 0) is 0 Å². The maximum absolute atomic E-state index is 4.27. The molecule has 4 rings (SSSR count). The van der Waals surface area contributed by atoms with Crippen molar-refractivity contribution in [3.8, 4) is 0 Å². The van der Waals surface area contributed by atoms with Gasteiger partial charge in [-0.1, -0.05) is 13.8 Å². The fraction of sp³-hybridized carbons (Fsp3) is 0.909. The monoisotopic (exact) mass is 332 g/mol. The normalized spacial score (nSPS) is 59.8. The van der Waals surface area contributed by atoms with E-state index in [4.69, 9.17) is 0 Å². The zero-order chi connectivity index (χ0) is 17.3. The van der Waals surface area contributed by atoms with Gasteiger partial charge < -0.3 is 10.6 Å². The van der Waals surface area contributed by atoms with E-state index < -0.39 is 0 Å². The molecule has 4 fully saturated rings. The first kappa shape index (κ1) is 17.3. The number of quaternary nitrogens is 2. The minimum Gasteiger partial charge on any atom is -0.474 e. The molecule has 0 radical (unpaired) electrons. The van der Waals surface area contributed by atoms with Gasteiger partial charge in [0.15, 0.2) is 0 Å². The Morgan fingerprint density at radius 2 is 1.58 bits per heavy atom. The second-order valence-corrected chi connectivity index (χ2v) is 10.6. The minimum absolute atomic E-state index is 0.363. The second kappa shape index (κ2) is 5.71. The molecule has 0 aromatic rings. The van der Waals surface area contributed by atoms with E-state index in [1.165, 1.54) is 38.5 Å². The molecule has 4 aliphatic rings. The van der Waals surface area contributed by atoms with Gasteiger partial charge >= 0.3 is 0 Å². The third-order valence-electron chi connectivity index (χ3n) is 9.84. The van der Waals surface area contributed by atoms with Gasteiger partial charge in [0.1, 0.15) is 0 Å². The highest BCUT2D eigenvalue weighted by atomic mass is 15.0. The molecule has 0 aliphatic heterocycles. The molecule has 0 saturated heterocycles. The van der Waals surface area contributed by atoms with Gasteiger partial charge in [0, 0.05) is 24.7 Å². The van der Waals surface area contributed by atoms with Crippen molar-refractivity contribution in [1.29, 1.82) is 0 Å². The second-order valence-electron chi connectivity index (χ2n) is 10.6. The van der Waals surface area contributed by atoms with E-state index in [0.29, 0.717) is 11.1 Å². The highest BCUT2D eigenvalue weighted by Gasteiger charge is 2.62. The molecule has 0 bridgehead atoms. The van der Waals surface area contributed by atoms with Crippen LogP contribution in [0.5, 0.6) is 0 Å². The standard InChI is InChI=1S/C22H40N2/c1-13-11-15-12-22(4,24-6)14(2)17-7-8-18-20(19(15)17)16(13)9-10-21(18,3)23-5/h13-20H,5-12,23-24H2,1-4H3/t13-,14-,15-,16+,17+,18-,19+,20+,21-,22+/m0/s1. The number of rotatable bonds is 2. The number of hydrogen-bond donors (Lipinski definition) is 2. The Morgan fingerprint density at radius 1 is 0.875 bits per heavy atom. The molecular formula is C22H40N2. The molecule has 138 valence electrons. The van der Waals surface area contributed by atoms with Crippen molar-refractivity contribution < 1.29 is 10.6 Å². The molecule has 0 heterocycles. The van der Waals surface area contributed by atoms with Crippen LogP contribution < -0.4 is 10.6 Å². The fourth-order valence-electron chi connectivity index (χ4n) is 8.22. The summed E-state index contributed by atoms with van der Waals surface area (Å²) in [5.41, 5.74) is 0.762. The molecule has 0 amide bonds. The summed E-state index contributed by atoms with van der Waals surface area (Å²) in [6.07, 6.45) is 8.61. The average molecular weight is 333 g/mol. The molecule has 24 heavy (non-hydrogen) atoms. The Hall–Kier alpha value is -0.0800. The molecule has 4 saturated carbocycles. The van der Waals surface area contributed by atoms with Crippen LogP contribution in [0, 0.1) is 61.4 Å². The summed E-state index contributed by atoms with van der Waals surface area (Å²) in [7, 11) is 8.52. The molecule has 2 nitrogen and oxygen atoms in total. The Bertz CT molecular complexity index is 490. The van der Waals surface area contributed by atoms with Gasteiger partial charge in [-0.15, -0.1) is 0 Å². The first-order valence-corrected chi connectivity index (χ1v) is 10.6. The summed E-state index contributed by atoms with van der Waals surface area (Å²) in [6.45, 7) is 10.1. The molecule has 0 unspecified atom stereocenters. The van der Waals surface area contributed by atoms with Crippen molar-refractivity contribution in [2.24, 2.45) is 47.3 Å². The first-order valence-electron chi connectivity index (χ1n) is 10.6. The minimum atomic E-state index is 0.363. The summed E-state index contributed by atoms with van der Waals surface area (Å²) in [5, 5.41) is 4.65. The van der Waals surface area contributed by atoms with E-state index in [9.17, 15) is 0 Å². The molecular weight excluding hydrogens is 292 g/mol. The predicted octanol–water partition coefficient (Wildman–Crippen LogP) is 2.58. The van der Waals surface area contributed by atoms with Gasteiger partial charge in [-0.25, -0.2) is 0 Å². The van der Waals surface area contributed by atoms with Crippen molar-refractivity contribution >= 4 is 0 Å². The number of nitrogens with two attached hydrogens (primary N) is 2. The van der Waals surface area contributed by atoms with Crippen molar-refractivity contribution in [2.45, 2.75) is 77.3 Å². The van der Waals surface area contributed by atoms with E-state index in [1.54, 1.807) is 0 Å². The molecule has 0 aromatic heterocycles. The van der Waals surface area contributed by atoms with E-state index in [2.05, 4.69) is 52.4 Å². The highest BCUT2D eigenvalue weighted by molar-refractivity contribution is 5.10. The first-order chi connectivity index (χ1) is 11.3. The molecule has 0 aromatic carbocycles. The van der Waals surface area contributed by atoms with Crippen molar-refractivity contribution in [1.82, 2.24) is 0 Å². The lowest BCUT2D eigenvalue weighted by molar-refractivity contribution is -0.693. The highest BCUT2D eigenvalue weighted by Crippen LogP contribution is 2.64. The van der Waals surface area contributed by atoms with Gasteiger partial charge in [0.05, 0.1) is 11.1 Å². The molecule has 0 spiro atoms. The zero-order valence-electron chi connectivity index (χ0n) is 16.4. The Kier molecular flexibility index (Phi) is 4.12. The predicted molar refractivity (Wildman–Crippen MR) is 98.3 cm³/mol. The van der Waals surface area contributed by atoms with Gasteiger partial charge in [-0.05, 0) is 75.0 Å². The van der Waals surface area contributed by atoms with E-state index in [-0.39, 0.29) is 0 Å². The summed E-state index contributed by atoms with van der Waals surface area (Å²) in [4.78, 5) is 0. The van der Waals surface area contributed by atoms with Gasteiger partial charge in [-0.2, -0.15) is 14.1 Å². The molecule has 4 N–H and O–H groups in total. The van der Waals surface area contributed by atoms with Gasteiger partial charge in [0.25, 0.3) is 0 Å². The van der Waals surface area contributed by atoms with Crippen LogP contribution in [-0.4, -0.2) is 11.1 Å². The maximum Gasteiger partial charge on any atom is 0.0726 e. The van der Waals surface area contributed by atoms with Crippen LogP contribution in [0.1, 0.15) is 66.2 Å². The molecule has 4 aliphatic carbocycles. The topological polar surface area (TPSA) is 33.2 Å². The lowest BCUT2D eigenvalue weighted by atomic mass is 9.41. The zero-order valence-corrected chi connectivity index (χ0v) is 16.4. The van der Waals surface area contributed by atoms with Crippen LogP contribution in [0.15, 0.2) is 0 Å². The number of hydrogen-bond acceptors (Lipinski definition) is 0. The van der Waals surface area contributed by atoms with Crippen LogP contribution in [0.4, 0.5) is 0 Å². The van der Waals surface area contributed by atoms with Crippen LogP contribution >= 0.6 is 0 Å². The lowest BCUT2D eigenvalue weighted by Gasteiger charge is -2.65. The van der Waals surface area contributed by atoms with Crippen molar-refractivity contribution in [3.05, 3.63) is 14.1 Å². The maximum atomic E-state index is 4.27. The van der Waals surface area contributed by atoms with Crippen molar-refractivity contribution in [3.63, 3.8) is 0 Å². The summed E-state index contributed by atoms with van der Waals surface area (Å²) in [6, 6.07) is 0. The molecule has 10 atom stereocenters. The fourth-order valence-corrected chi connectivity index (χ4v) is 8.22. The van der Waals surface area contributed by atoms with Crippen LogP contribution in [0.2, 0.25) is 0 Å². The third kappa shape index (κ3) is 2.21. The lowest BCUT2D eigenvalue weighted by Crippen LogP contribution is -2.95. The van der Waals surface area contributed by atoms with Crippen LogP contribution in [0.3, 0.4) is 0 Å². The third-order valence-corrected chi connectivity index (χ3v) is 9.84. The Labute approximate surface area is 149 Å². The average Bonchev–Trinajstić information content (AvgIpc) is 2.58. The van der Waals surface area contributed by atoms with Gasteiger partial charge in [0.2, 0.25) is 0 Å². The van der Waals surface area contributed by atoms with Crippen LogP contribution in [0.25, 0.3) is 0 Å². The quantitative estimate of drug-likeness (QED) is 0.729. The van der Waals surface area contributed by atoms with E-state index in [0.717, 1.165) is 47.3 Å². The van der Waals surface area contributed by atoms with E-state index >= 15 is 0 Å².